The van der Waals surface area contributed by atoms with Crippen molar-refractivity contribution in [2.75, 3.05) is 17.3 Å². The number of nitrogens with zero attached hydrogens (tertiary/aromatic N) is 5. The minimum atomic E-state index is -0.630. The number of benzene rings is 2. The molecular weight excluding hydrogens is 376 g/mol. The predicted octanol–water partition coefficient (Wildman–Crippen LogP) is 3.96. The molecule has 0 amide bonds. The first-order chi connectivity index (χ1) is 14.6. The minimum absolute atomic E-state index is 0.166. The summed E-state index contributed by atoms with van der Waals surface area (Å²) in [6.45, 7) is 1.98. The van der Waals surface area contributed by atoms with Gasteiger partial charge in [-0.3, -0.25) is 0 Å². The van der Waals surface area contributed by atoms with Crippen molar-refractivity contribution in [3.63, 3.8) is 0 Å². The molecule has 0 radical (unpaired) electrons. The minimum Gasteiger partial charge on any atom is -0.386 e. The van der Waals surface area contributed by atoms with E-state index >= 15 is 0 Å². The lowest BCUT2D eigenvalue weighted by Crippen LogP contribution is -2.35. The Labute approximate surface area is 175 Å². The van der Waals surface area contributed by atoms with Crippen molar-refractivity contribution >= 4 is 17.5 Å². The summed E-state index contributed by atoms with van der Waals surface area (Å²) in [5.41, 5.74) is 2.64. The van der Waals surface area contributed by atoms with E-state index in [1.165, 1.54) is 0 Å². The van der Waals surface area contributed by atoms with Gasteiger partial charge in [-0.05, 0) is 30.7 Å². The molecule has 2 heterocycles. The van der Waals surface area contributed by atoms with Crippen molar-refractivity contribution in [3.8, 4) is 5.69 Å². The van der Waals surface area contributed by atoms with Crippen LogP contribution < -0.4 is 10.2 Å². The number of hydrogen-bond donors (Lipinski definition) is 2. The van der Waals surface area contributed by atoms with Crippen molar-refractivity contribution in [1.29, 1.82) is 0 Å². The van der Waals surface area contributed by atoms with E-state index in [2.05, 4.69) is 20.4 Å². The summed E-state index contributed by atoms with van der Waals surface area (Å²) in [5, 5.41) is 18.4. The molecule has 2 aromatic heterocycles. The maximum atomic E-state index is 10.7. The molecule has 4 aromatic rings. The highest BCUT2D eigenvalue weighted by atomic mass is 16.3. The number of pyridine rings is 1. The second kappa shape index (κ2) is 8.75. The predicted molar refractivity (Wildman–Crippen MR) is 118 cm³/mol. The molecule has 2 aromatic carbocycles. The molecule has 0 saturated carbocycles. The van der Waals surface area contributed by atoms with Gasteiger partial charge in [0.2, 0.25) is 5.95 Å². The third-order valence-electron chi connectivity index (χ3n) is 5.09. The van der Waals surface area contributed by atoms with Crippen LogP contribution in [-0.4, -0.2) is 37.9 Å². The van der Waals surface area contributed by atoms with Gasteiger partial charge in [0.05, 0.1) is 17.8 Å². The number of aromatic nitrogens is 4. The first kappa shape index (κ1) is 19.6. The summed E-state index contributed by atoms with van der Waals surface area (Å²) in [6.07, 6.45) is 2.76. The van der Waals surface area contributed by atoms with Crippen molar-refractivity contribution in [2.24, 2.45) is 0 Å². The molecule has 0 saturated heterocycles. The lowest BCUT2D eigenvalue weighted by atomic mass is 10.0. The maximum Gasteiger partial charge on any atom is 0.246 e. The maximum absolute atomic E-state index is 10.7. The Bertz CT molecular complexity index is 1080. The van der Waals surface area contributed by atoms with Crippen LogP contribution in [0.25, 0.3) is 5.69 Å². The smallest absolute Gasteiger partial charge is 0.246 e. The highest BCUT2D eigenvalue weighted by Gasteiger charge is 2.21. The molecule has 4 rings (SSSR count). The van der Waals surface area contributed by atoms with E-state index in [9.17, 15) is 5.11 Å². The van der Waals surface area contributed by atoms with E-state index in [4.69, 9.17) is 0 Å². The Morgan fingerprint density at radius 3 is 2.40 bits per heavy atom. The Morgan fingerprint density at radius 2 is 1.67 bits per heavy atom. The fraction of sp³-hybridized carbons (Fsp3) is 0.174. The van der Waals surface area contributed by atoms with Gasteiger partial charge in [0, 0.05) is 25.0 Å². The van der Waals surface area contributed by atoms with E-state index < -0.39 is 6.10 Å². The van der Waals surface area contributed by atoms with Gasteiger partial charge in [0.25, 0.3) is 0 Å². The van der Waals surface area contributed by atoms with Gasteiger partial charge >= 0.3 is 0 Å². The highest BCUT2D eigenvalue weighted by Crippen LogP contribution is 2.24. The standard InChI is InChI=1S/C23H24N6O/c1-17(22(30)18-9-5-3-6-10-18)28(2)21-15-20(13-14-24-21)29-16-25-23(27-29)26-19-11-7-4-8-12-19/h3-17,22,30H,1-2H3,(H,26,27). The topological polar surface area (TPSA) is 79.1 Å². The van der Waals surface area contributed by atoms with Gasteiger partial charge in [-0.15, -0.1) is 5.10 Å². The molecule has 7 nitrogen and oxygen atoms in total. The van der Waals surface area contributed by atoms with Crippen LogP contribution in [0.4, 0.5) is 17.5 Å². The molecule has 2 unspecified atom stereocenters. The summed E-state index contributed by atoms with van der Waals surface area (Å²) < 4.78 is 1.70. The SMILES string of the molecule is CC(C(O)c1ccccc1)N(C)c1cc(-n2cnc(Nc3ccccc3)n2)ccn1. The monoisotopic (exact) mass is 400 g/mol. The number of likely N-dealkylation sites (N-methyl/N-ethyl adjacent to an activating group) is 1. The molecule has 7 heteroatoms. The first-order valence-electron chi connectivity index (χ1n) is 9.78. The van der Waals surface area contributed by atoms with Crippen LogP contribution >= 0.6 is 0 Å². The van der Waals surface area contributed by atoms with Crippen LogP contribution in [-0.2, 0) is 0 Å². The zero-order valence-electron chi connectivity index (χ0n) is 16.9. The molecule has 2 atom stereocenters. The first-order valence-corrected chi connectivity index (χ1v) is 9.78. The van der Waals surface area contributed by atoms with Gasteiger partial charge in [0.1, 0.15) is 12.1 Å². The third kappa shape index (κ3) is 4.31. The van der Waals surface area contributed by atoms with Crippen LogP contribution in [0.15, 0.2) is 85.3 Å². The highest BCUT2D eigenvalue weighted by molar-refractivity contribution is 5.53. The zero-order chi connectivity index (χ0) is 20.9. The number of nitrogens with one attached hydrogen (secondary N) is 1. The van der Waals surface area contributed by atoms with Gasteiger partial charge in [-0.1, -0.05) is 48.5 Å². The number of aliphatic hydroxyl groups is 1. The number of anilines is 3. The number of para-hydroxylation sites is 1. The van der Waals surface area contributed by atoms with Crippen LogP contribution in [0.1, 0.15) is 18.6 Å². The molecule has 0 fully saturated rings. The lowest BCUT2D eigenvalue weighted by molar-refractivity contribution is 0.150. The van der Waals surface area contributed by atoms with Gasteiger partial charge in [0.15, 0.2) is 0 Å². The Balaban J connectivity index is 1.51. The molecule has 0 aliphatic carbocycles. The van der Waals surface area contributed by atoms with Gasteiger partial charge in [-0.2, -0.15) is 4.98 Å². The Morgan fingerprint density at radius 1 is 0.967 bits per heavy atom. The average molecular weight is 400 g/mol. The Kier molecular flexibility index (Phi) is 5.72. The molecule has 0 bridgehead atoms. The fourth-order valence-electron chi connectivity index (χ4n) is 3.19. The second-order valence-electron chi connectivity index (χ2n) is 7.08. The summed E-state index contributed by atoms with van der Waals surface area (Å²) in [4.78, 5) is 10.8. The van der Waals surface area contributed by atoms with E-state index in [0.717, 1.165) is 22.8 Å². The summed E-state index contributed by atoms with van der Waals surface area (Å²) in [5.74, 6) is 1.25. The largest absolute Gasteiger partial charge is 0.386 e. The molecule has 30 heavy (non-hydrogen) atoms. The normalized spacial score (nSPS) is 12.9. The number of aliphatic hydroxyl groups excluding tert-OH is 1. The molecule has 2 N–H and O–H groups in total. The van der Waals surface area contributed by atoms with Crippen LogP contribution in [0.3, 0.4) is 0 Å². The quantitative estimate of drug-likeness (QED) is 0.489. The summed E-state index contributed by atoms with van der Waals surface area (Å²) in [6, 6.07) is 23.1. The lowest BCUT2D eigenvalue weighted by Gasteiger charge is -2.30. The van der Waals surface area contributed by atoms with Crippen LogP contribution in [0.5, 0.6) is 0 Å². The van der Waals surface area contributed by atoms with E-state index in [1.807, 2.05) is 91.7 Å². The van der Waals surface area contributed by atoms with Crippen molar-refractivity contribution in [3.05, 3.63) is 90.9 Å². The summed E-state index contributed by atoms with van der Waals surface area (Å²) >= 11 is 0. The van der Waals surface area contributed by atoms with E-state index in [1.54, 1.807) is 17.2 Å². The third-order valence-corrected chi connectivity index (χ3v) is 5.09. The van der Waals surface area contributed by atoms with Crippen LogP contribution in [0.2, 0.25) is 0 Å². The molecule has 0 aliphatic heterocycles. The van der Waals surface area contributed by atoms with Crippen molar-refractivity contribution < 1.29 is 5.11 Å². The average Bonchev–Trinajstić information content (AvgIpc) is 3.27. The second-order valence-corrected chi connectivity index (χ2v) is 7.08. The van der Waals surface area contributed by atoms with Crippen LogP contribution in [0, 0.1) is 0 Å². The number of hydrogen-bond acceptors (Lipinski definition) is 6. The van der Waals surface area contributed by atoms with E-state index in [-0.39, 0.29) is 6.04 Å². The molecule has 0 aliphatic rings. The van der Waals surface area contributed by atoms with Gasteiger partial charge in [-0.25, -0.2) is 9.67 Å². The van der Waals surface area contributed by atoms with Crippen molar-refractivity contribution in [1.82, 2.24) is 19.7 Å². The molecule has 0 spiro atoms. The summed E-state index contributed by atoms with van der Waals surface area (Å²) in [7, 11) is 1.92. The molecular formula is C23H24N6O. The Hall–Kier alpha value is -3.71. The van der Waals surface area contributed by atoms with E-state index in [0.29, 0.717) is 5.95 Å². The number of rotatable bonds is 7. The molecule has 152 valence electrons. The fourth-order valence-corrected chi connectivity index (χ4v) is 3.19. The van der Waals surface area contributed by atoms with Crippen molar-refractivity contribution in [2.45, 2.75) is 19.1 Å². The van der Waals surface area contributed by atoms with Gasteiger partial charge < -0.3 is 15.3 Å². The zero-order valence-corrected chi connectivity index (χ0v) is 16.9.